The van der Waals surface area contributed by atoms with Gasteiger partial charge in [0.15, 0.2) is 0 Å². The summed E-state index contributed by atoms with van der Waals surface area (Å²) in [6.45, 7) is 0.445. The molecule has 20 heavy (non-hydrogen) atoms. The average Bonchev–Trinajstić information content (AvgIpc) is 2.36. The lowest BCUT2D eigenvalue weighted by molar-refractivity contribution is 0.0956. The zero-order valence-electron chi connectivity index (χ0n) is 10.2. The molecule has 0 fully saturated rings. The quantitative estimate of drug-likeness (QED) is 0.456. The number of hydrogen-bond acceptors (Lipinski definition) is 4. The largest absolute Gasteiger partial charge is 0.351 e. The molecular weight excluding hydrogens is 386 g/mol. The van der Waals surface area contributed by atoms with Gasteiger partial charge in [0, 0.05) is 33.0 Å². The van der Waals surface area contributed by atoms with E-state index in [1.165, 1.54) is 30.0 Å². The van der Waals surface area contributed by atoms with E-state index in [0.29, 0.717) is 22.5 Å². The lowest BCUT2D eigenvalue weighted by Crippen LogP contribution is -2.26. The van der Waals surface area contributed by atoms with E-state index in [9.17, 15) is 13.2 Å². The van der Waals surface area contributed by atoms with E-state index in [1.807, 2.05) is 0 Å². The number of amides is 1. The van der Waals surface area contributed by atoms with Crippen LogP contribution in [0.4, 0.5) is 0 Å². The molecule has 4 nitrogen and oxygen atoms in total. The predicted molar refractivity (Wildman–Crippen MR) is 85.7 cm³/mol. The molecule has 8 heteroatoms. The minimum absolute atomic E-state index is 0.125. The van der Waals surface area contributed by atoms with E-state index in [4.69, 9.17) is 17.1 Å². The molecule has 0 spiro atoms. The van der Waals surface area contributed by atoms with E-state index in [-0.39, 0.29) is 16.4 Å². The number of halogens is 2. The minimum atomic E-state index is -3.88. The van der Waals surface area contributed by atoms with Gasteiger partial charge < -0.3 is 5.32 Å². The standard InChI is InChI=1S/C12H11BrClNO3S2/c1-2-4-19-5-3-15-12(16)9-6-10(13)8-11(7-9)20(14,17)18/h1,6-8H,3-5H2,(H,15,16). The van der Waals surface area contributed by atoms with Gasteiger partial charge in [-0.05, 0) is 18.2 Å². The van der Waals surface area contributed by atoms with Gasteiger partial charge in [-0.1, -0.05) is 21.9 Å². The molecule has 0 aliphatic heterocycles. The average molecular weight is 397 g/mol. The van der Waals surface area contributed by atoms with Crippen molar-refractivity contribution in [1.29, 1.82) is 0 Å². The van der Waals surface area contributed by atoms with Gasteiger partial charge in [-0.3, -0.25) is 4.79 Å². The second-order valence-electron chi connectivity index (χ2n) is 3.63. The normalized spacial score (nSPS) is 10.8. The number of hydrogen-bond donors (Lipinski definition) is 1. The van der Waals surface area contributed by atoms with Crippen LogP contribution >= 0.6 is 38.4 Å². The van der Waals surface area contributed by atoms with E-state index in [2.05, 4.69) is 27.2 Å². The number of rotatable bonds is 6. The van der Waals surface area contributed by atoms with Crippen LogP contribution in [0.5, 0.6) is 0 Å². The number of thioether (sulfide) groups is 1. The molecule has 1 amide bonds. The molecule has 0 atom stereocenters. The van der Waals surface area contributed by atoms with Crippen LogP contribution in [0, 0.1) is 12.3 Å². The summed E-state index contributed by atoms with van der Waals surface area (Å²) in [4.78, 5) is 11.8. The van der Waals surface area contributed by atoms with Crippen LogP contribution in [0.3, 0.4) is 0 Å². The summed E-state index contributed by atoms with van der Waals surface area (Å²) in [7, 11) is 1.39. The van der Waals surface area contributed by atoms with E-state index >= 15 is 0 Å². The zero-order valence-corrected chi connectivity index (χ0v) is 14.2. The number of terminal acetylenes is 1. The third-order valence-electron chi connectivity index (χ3n) is 2.13. The van der Waals surface area contributed by atoms with Crippen molar-refractivity contribution in [2.45, 2.75) is 4.90 Å². The summed E-state index contributed by atoms with van der Waals surface area (Å²) in [6, 6.07) is 4.09. The third kappa shape index (κ3) is 5.75. The molecule has 1 rings (SSSR count). The highest BCUT2D eigenvalue weighted by Gasteiger charge is 2.15. The fourth-order valence-electron chi connectivity index (χ4n) is 1.30. The smallest absolute Gasteiger partial charge is 0.261 e. The first kappa shape index (κ1) is 17.4. The van der Waals surface area contributed by atoms with Gasteiger partial charge >= 0.3 is 0 Å². The molecule has 0 unspecified atom stereocenters. The Hall–Kier alpha value is -0.680. The van der Waals surface area contributed by atoms with Crippen molar-refractivity contribution in [1.82, 2.24) is 5.32 Å². The van der Waals surface area contributed by atoms with Crippen molar-refractivity contribution >= 4 is 53.3 Å². The van der Waals surface area contributed by atoms with Crippen LogP contribution in [0.1, 0.15) is 10.4 Å². The number of carbonyl (C=O) groups excluding carboxylic acids is 1. The van der Waals surface area contributed by atoms with Gasteiger partial charge in [0.1, 0.15) is 0 Å². The Morgan fingerprint density at radius 2 is 2.15 bits per heavy atom. The Bertz CT molecular complexity index is 641. The van der Waals surface area contributed by atoms with Gasteiger partial charge in [-0.2, -0.15) is 0 Å². The molecule has 0 aliphatic rings. The molecule has 1 aromatic rings. The molecule has 1 aromatic carbocycles. The molecule has 0 saturated heterocycles. The van der Waals surface area contributed by atoms with Crippen molar-refractivity contribution in [3.8, 4) is 12.3 Å². The lowest BCUT2D eigenvalue weighted by Gasteiger charge is -2.06. The Kier molecular flexibility index (Phi) is 6.89. The van der Waals surface area contributed by atoms with E-state index < -0.39 is 9.05 Å². The first-order valence-electron chi connectivity index (χ1n) is 5.39. The molecule has 0 saturated carbocycles. The first-order valence-corrected chi connectivity index (χ1v) is 9.65. The summed E-state index contributed by atoms with van der Waals surface area (Å²) in [6.07, 6.45) is 5.10. The summed E-state index contributed by atoms with van der Waals surface area (Å²) >= 11 is 4.67. The summed E-state index contributed by atoms with van der Waals surface area (Å²) in [5.41, 5.74) is 0.223. The molecule has 1 N–H and O–H groups in total. The van der Waals surface area contributed by atoms with Crippen molar-refractivity contribution < 1.29 is 13.2 Å². The number of benzene rings is 1. The van der Waals surface area contributed by atoms with Gasteiger partial charge in [-0.25, -0.2) is 8.42 Å². The Labute approximate surface area is 135 Å². The van der Waals surface area contributed by atoms with Crippen LogP contribution in [0.25, 0.3) is 0 Å². The zero-order chi connectivity index (χ0) is 15.2. The highest BCUT2D eigenvalue weighted by atomic mass is 79.9. The molecule has 0 radical (unpaired) electrons. The monoisotopic (exact) mass is 395 g/mol. The van der Waals surface area contributed by atoms with Crippen molar-refractivity contribution in [2.24, 2.45) is 0 Å². The second kappa shape index (κ2) is 7.93. The molecule has 108 valence electrons. The fourth-order valence-corrected chi connectivity index (χ4v) is 3.26. The molecule has 0 bridgehead atoms. The topological polar surface area (TPSA) is 63.2 Å². The second-order valence-corrected chi connectivity index (χ2v) is 8.21. The van der Waals surface area contributed by atoms with Crippen molar-refractivity contribution in [3.05, 3.63) is 28.2 Å². The van der Waals surface area contributed by atoms with Crippen LogP contribution in [0.15, 0.2) is 27.6 Å². The minimum Gasteiger partial charge on any atom is -0.351 e. The van der Waals surface area contributed by atoms with E-state index in [1.54, 1.807) is 0 Å². The lowest BCUT2D eigenvalue weighted by atomic mass is 10.2. The van der Waals surface area contributed by atoms with E-state index in [0.717, 1.165) is 0 Å². The van der Waals surface area contributed by atoms with Gasteiger partial charge in [0.05, 0.1) is 10.6 Å². The van der Waals surface area contributed by atoms with Crippen LogP contribution in [-0.2, 0) is 9.05 Å². The number of nitrogens with one attached hydrogen (secondary N) is 1. The van der Waals surface area contributed by atoms with Crippen LogP contribution < -0.4 is 5.32 Å². The van der Waals surface area contributed by atoms with Gasteiger partial charge in [0.25, 0.3) is 15.0 Å². The highest BCUT2D eigenvalue weighted by molar-refractivity contribution is 9.10. The maximum absolute atomic E-state index is 11.9. The van der Waals surface area contributed by atoms with Crippen LogP contribution in [-0.4, -0.2) is 32.4 Å². The Morgan fingerprint density at radius 1 is 1.45 bits per heavy atom. The summed E-state index contributed by atoms with van der Waals surface area (Å²) in [5.74, 6) is 3.39. The SMILES string of the molecule is C#CCSCCNC(=O)c1cc(Br)cc(S(=O)(=O)Cl)c1. The maximum atomic E-state index is 11.9. The van der Waals surface area contributed by atoms with Gasteiger partial charge in [0.2, 0.25) is 0 Å². The van der Waals surface area contributed by atoms with Crippen molar-refractivity contribution in [3.63, 3.8) is 0 Å². The molecule has 0 aromatic heterocycles. The highest BCUT2D eigenvalue weighted by Crippen LogP contribution is 2.22. The molecule has 0 aliphatic carbocycles. The molecule has 0 heterocycles. The fraction of sp³-hybridized carbons (Fsp3) is 0.250. The summed E-state index contributed by atoms with van der Waals surface area (Å²) in [5, 5.41) is 2.68. The summed E-state index contributed by atoms with van der Waals surface area (Å²) < 4.78 is 23.0. The third-order valence-corrected chi connectivity index (χ3v) is 4.79. The Morgan fingerprint density at radius 3 is 2.75 bits per heavy atom. The predicted octanol–water partition coefficient (Wildman–Crippen LogP) is 2.47. The first-order chi connectivity index (χ1) is 9.34. The molecular formula is C12H11BrClNO3S2. The Balaban J connectivity index is 2.74. The van der Waals surface area contributed by atoms with Crippen molar-refractivity contribution in [2.75, 3.05) is 18.1 Å². The van der Waals surface area contributed by atoms with Crippen LogP contribution in [0.2, 0.25) is 0 Å². The maximum Gasteiger partial charge on any atom is 0.261 e. The number of carbonyl (C=O) groups is 1. The van der Waals surface area contributed by atoms with Gasteiger partial charge in [-0.15, -0.1) is 18.2 Å².